The first kappa shape index (κ1) is 16.6. The first-order valence-electron chi connectivity index (χ1n) is 7.73. The van der Waals surface area contributed by atoms with Crippen LogP contribution in [0.25, 0.3) is 0 Å². The van der Waals surface area contributed by atoms with E-state index in [1.807, 2.05) is 49.2 Å². The summed E-state index contributed by atoms with van der Waals surface area (Å²) in [5, 5.41) is 0.536. The third-order valence-corrected chi connectivity index (χ3v) is 4.83. The van der Waals surface area contributed by atoms with Crippen molar-refractivity contribution in [3.8, 4) is 0 Å². The molecule has 3 heteroatoms. The molecule has 1 aliphatic rings. The fourth-order valence-electron chi connectivity index (χ4n) is 2.51. The van der Waals surface area contributed by atoms with Gasteiger partial charge in [0.2, 0.25) is 0 Å². The molecule has 1 atom stereocenters. The van der Waals surface area contributed by atoms with E-state index in [2.05, 4.69) is 46.8 Å². The summed E-state index contributed by atoms with van der Waals surface area (Å²) in [6.45, 7) is 7.72. The molecule has 0 saturated carbocycles. The van der Waals surface area contributed by atoms with Gasteiger partial charge in [-0.05, 0) is 19.4 Å². The standard InChI is InChI=1S/C19H24N2S/c1-3-5-7-8-14-21-15-12-18(22-16-9-6-4-2)17-11-10-13-20-19(17)21/h3-11,13,18H,2,12,14-16H2,1H3/b5-3-,8-7-,9-6-. The van der Waals surface area contributed by atoms with E-state index in [1.54, 1.807) is 0 Å². The van der Waals surface area contributed by atoms with Gasteiger partial charge in [0.1, 0.15) is 5.82 Å². The minimum atomic E-state index is 0.536. The summed E-state index contributed by atoms with van der Waals surface area (Å²) >= 11 is 1.98. The largest absolute Gasteiger partial charge is 0.353 e. The van der Waals surface area contributed by atoms with Gasteiger partial charge >= 0.3 is 0 Å². The fourth-order valence-corrected chi connectivity index (χ4v) is 3.60. The molecule has 0 radical (unpaired) electrons. The van der Waals surface area contributed by atoms with E-state index in [0.717, 1.165) is 24.7 Å². The van der Waals surface area contributed by atoms with Crippen molar-refractivity contribution in [3.63, 3.8) is 0 Å². The van der Waals surface area contributed by atoms with Gasteiger partial charge in [-0.25, -0.2) is 4.98 Å². The number of hydrogen-bond acceptors (Lipinski definition) is 3. The zero-order chi connectivity index (χ0) is 15.6. The Labute approximate surface area is 138 Å². The van der Waals surface area contributed by atoms with E-state index in [9.17, 15) is 0 Å². The average Bonchev–Trinajstić information content (AvgIpc) is 2.56. The molecule has 0 amide bonds. The molecule has 1 aromatic rings. The van der Waals surface area contributed by atoms with Crippen molar-refractivity contribution in [2.45, 2.75) is 18.6 Å². The molecule has 1 unspecified atom stereocenters. The van der Waals surface area contributed by atoms with Crippen molar-refractivity contribution in [2.75, 3.05) is 23.7 Å². The first-order chi connectivity index (χ1) is 10.9. The third kappa shape index (κ3) is 4.63. The zero-order valence-electron chi connectivity index (χ0n) is 13.2. The summed E-state index contributed by atoms with van der Waals surface area (Å²) in [5.41, 5.74) is 1.37. The minimum Gasteiger partial charge on any atom is -0.353 e. The van der Waals surface area contributed by atoms with Crippen molar-refractivity contribution < 1.29 is 0 Å². The lowest BCUT2D eigenvalue weighted by Crippen LogP contribution is -2.31. The lowest BCUT2D eigenvalue weighted by Gasteiger charge is -2.33. The number of rotatable bonds is 7. The quantitative estimate of drug-likeness (QED) is 0.663. The van der Waals surface area contributed by atoms with Gasteiger partial charge in [0, 0.05) is 35.9 Å². The van der Waals surface area contributed by atoms with Crippen molar-refractivity contribution in [1.29, 1.82) is 0 Å². The summed E-state index contributed by atoms with van der Waals surface area (Å²) in [6.07, 6.45) is 17.5. The number of hydrogen-bond donors (Lipinski definition) is 0. The van der Waals surface area contributed by atoms with Crippen LogP contribution in [0.15, 0.2) is 67.4 Å². The Bertz CT molecular complexity index is 560. The summed E-state index contributed by atoms with van der Waals surface area (Å²) in [4.78, 5) is 6.99. The molecule has 0 aliphatic carbocycles. The molecule has 1 aliphatic heterocycles. The maximum atomic E-state index is 4.62. The average molecular weight is 312 g/mol. The van der Waals surface area contributed by atoms with Crippen LogP contribution in [-0.4, -0.2) is 23.8 Å². The number of anilines is 1. The van der Waals surface area contributed by atoms with Gasteiger partial charge in [-0.15, -0.1) is 11.8 Å². The second-order valence-corrected chi connectivity index (χ2v) is 6.33. The minimum absolute atomic E-state index is 0.536. The second kappa shape index (κ2) is 9.31. The molecule has 0 bridgehead atoms. The molecule has 1 aromatic heterocycles. The molecular formula is C19H24N2S. The molecule has 0 fully saturated rings. The highest BCUT2D eigenvalue weighted by Gasteiger charge is 2.25. The van der Waals surface area contributed by atoms with E-state index in [1.165, 1.54) is 12.0 Å². The number of thioether (sulfide) groups is 1. The van der Waals surface area contributed by atoms with Gasteiger partial charge in [0.25, 0.3) is 0 Å². The third-order valence-electron chi connectivity index (χ3n) is 3.56. The van der Waals surface area contributed by atoms with Gasteiger partial charge in [0.05, 0.1) is 0 Å². The van der Waals surface area contributed by atoms with E-state index in [0.29, 0.717) is 5.25 Å². The molecule has 0 saturated heterocycles. The van der Waals surface area contributed by atoms with Crippen molar-refractivity contribution >= 4 is 17.6 Å². The van der Waals surface area contributed by atoms with E-state index < -0.39 is 0 Å². The van der Waals surface area contributed by atoms with Crippen LogP contribution >= 0.6 is 11.8 Å². The number of nitrogens with zero attached hydrogens (tertiary/aromatic N) is 2. The Balaban J connectivity index is 2.05. The normalized spacial score (nSPS) is 18.4. The summed E-state index contributed by atoms with van der Waals surface area (Å²) < 4.78 is 0. The topological polar surface area (TPSA) is 16.1 Å². The monoisotopic (exact) mass is 312 g/mol. The summed E-state index contributed by atoms with van der Waals surface area (Å²) in [7, 11) is 0. The number of fused-ring (bicyclic) bond motifs is 1. The lowest BCUT2D eigenvalue weighted by atomic mass is 10.1. The van der Waals surface area contributed by atoms with Crippen LogP contribution in [0, 0.1) is 0 Å². The van der Waals surface area contributed by atoms with Crippen molar-refractivity contribution in [1.82, 2.24) is 4.98 Å². The molecule has 0 N–H and O–H groups in total. The molecule has 0 aromatic carbocycles. The van der Waals surface area contributed by atoms with E-state index in [-0.39, 0.29) is 0 Å². The van der Waals surface area contributed by atoms with Gasteiger partial charge < -0.3 is 4.90 Å². The predicted octanol–water partition coefficient (Wildman–Crippen LogP) is 4.94. The molecule has 0 spiro atoms. The zero-order valence-corrected chi connectivity index (χ0v) is 14.0. The highest BCUT2D eigenvalue weighted by Crippen LogP contribution is 2.40. The Kier molecular flexibility index (Phi) is 7.04. The van der Waals surface area contributed by atoms with E-state index >= 15 is 0 Å². The van der Waals surface area contributed by atoms with Crippen LogP contribution in [0.2, 0.25) is 0 Å². The molecule has 2 heterocycles. The van der Waals surface area contributed by atoms with Gasteiger partial charge in [-0.2, -0.15) is 0 Å². The smallest absolute Gasteiger partial charge is 0.133 e. The van der Waals surface area contributed by atoms with Gasteiger partial charge in [-0.1, -0.05) is 55.2 Å². The molecular weight excluding hydrogens is 288 g/mol. The van der Waals surface area contributed by atoms with Crippen LogP contribution in [0.5, 0.6) is 0 Å². The maximum absolute atomic E-state index is 4.62. The first-order valence-corrected chi connectivity index (χ1v) is 8.78. The molecule has 2 nitrogen and oxygen atoms in total. The predicted molar refractivity (Wildman–Crippen MR) is 99.6 cm³/mol. The second-order valence-electron chi connectivity index (χ2n) is 5.09. The summed E-state index contributed by atoms with van der Waals surface area (Å²) in [6, 6.07) is 4.27. The van der Waals surface area contributed by atoms with Crippen molar-refractivity contribution in [3.05, 3.63) is 73.0 Å². The number of allylic oxidation sites excluding steroid dienone is 5. The Hall–Kier alpha value is -1.74. The lowest BCUT2D eigenvalue weighted by molar-refractivity contribution is 0.698. The Morgan fingerprint density at radius 2 is 2.27 bits per heavy atom. The number of aromatic nitrogens is 1. The Morgan fingerprint density at radius 3 is 3.09 bits per heavy atom. The molecule has 116 valence electrons. The SMILES string of the molecule is C=C/C=C\CSC1CCN(C/C=C\C=C/C)c2ncccc21. The van der Waals surface area contributed by atoms with Crippen LogP contribution in [0.1, 0.15) is 24.2 Å². The van der Waals surface area contributed by atoms with Crippen LogP contribution < -0.4 is 4.90 Å². The van der Waals surface area contributed by atoms with E-state index in [4.69, 9.17) is 0 Å². The van der Waals surface area contributed by atoms with Crippen LogP contribution in [0.4, 0.5) is 5.82 Å². The van der Waals surface area contributed by atoms with Gasteiger partial charge in [0.15, 0.2) is 0 Å². The highest BCUT2D eigenvalue weighted by atomic mass is 32.2. The molecule has 22 heavy (non-hydrogen) atoms. The highest BCUT2D eigenvalue weighted by molar-refractivity contribution is 7.99. The van der Waals surface area contributed by atoms with Gasteiger partial charge in [-0.3, -0.25) is 0 Å². The van der Waals surface area contributed by atoms with Crippen LogP contribution in [-0.2, 0) is 0 Å². The Morgan fingerprint density at radius 1 is 1.36 bits per heavy atom. The van der Waals surface area contributed by atoms with Crippen LogP contribution in [0.3, 0.4) is 0 Å². The fraction of sp³-hybridized carbons (Fsp3) is 0.316. The summed E-state index contributed by atoms with van der Waals surface area (Å²) in [5.74, 6) is 2.16. The molecule has 2 rings (SSSR count). The number of pyridine rings is 1. The maximum Gasteiger partial charge on any atom is 0.133 e. The van der Waals surface area contributed by atoms with Crippen molar-refractivity contribution in [2.24, 2.45) is 0 Å².